The first kappa shape index (κ1) is 15.7. The number of aromatic nitrogens is 1. The van der Waals surface area contributed by atoms with Crippen molar-refractivity contribution in [1.29, 1.82) is 0 Å². The SMILES string of the molecule is O=C(O)c1cc(Cl)cc(NS(=O)(=O)c2cncc(Br)c2)c1. The van der Waals surface area contributed by atoms with E-state index in [1.807, 2.05) is 0 Å². The Morgan fingerprint density at radius 1 is 1.24 bits per heavy atom. The van der Waals surface area contributed by atoms with Crippen LogP contribution >= 0.6 is 27.5 Å². The number of carboxylic acid groups (broad SMARTS) is 1. The van der Waals surface area contributed by atoms with Gasteiger partial charge >= 0.3 is 5.97 Å². The summed E-state index contributed by atoms with van der Waals surface area (Å²) in [6, 6.07) is 5.09. The van der Waals surface area contributed by atoms with E-state index in [1.54, 1.807) is 0 Å². The molecule has 6 nitrogen and oxygen atoms in total. The van der Waals surface area contributed by atoms with Crippen LogP contribution < -0.4 is 4.72 Å². The average molecular weight is 392 g/mol. The van der Waals surface area contributed by atoms with Gasteiger partial charge in [0.05, 0.1) is 11.3 Å². The molecule has 0 amide bonds. The van der Waals surface area contributed by atoms with Crippen molar-refractivity contribution in [2.75, 3.05) is 4.72 Å². The molecule has 0 saturated heterocycles. The molecule has 2 rings (SSSR count). The Bertz CT molecular complexity index is 811. The number of hydrogen-bond donors (Lipinski definition) is 2. The highest BCUT2D eigenvalue weighted by atomic mass is 79.9. The van der Waals surface area contributed by atoms with Crippen LogP contribution in [0.1, 0.15) is 10.4 Å². The molecule has 9 heteroatoms. The zero-order valence-corrected chi connectivity index (χ0v) is 13.4. The lowest BCUT2D eigenvalue weighted by atomic mass is 10.2. The smallest absolute Gasteiger partial charge is 0.335 e. The summed E-state index contributed by atoms with van der Waals surface area (Å²) >= 11 is 8.90. The molecule has 0 spiro atoms. The van der Waals surface area contributed by atoms with E-state index in [0.29, 0.717) is 4.47 Å². The van der Waals surface area contributed by atoms with Crippen molar-refractivity contribution in [2.24, 2.45) is 0 Å². The highest BCUT2D eigenvalue weighted by molar-refractivity contribution is 9.10. The molecular weight excluding hydrogens is 384 g/mol. The Hall–Kier alpha value is -1.64. The van der Waals surface area contributed by atoms with Gasteiger partial charge in [-0.05, 0) is 40.2 Å². The minimum Gasteiger partial charge on any atom is -0.478 e. The van der Waals surface area contributed by atoms with E-state index >= 15 is 0 Å². The molecule has 1 heterocycles. The van der Waals surface area contributed by atoms with Gasteiger partial charge in [0.25, 0.3) is 10.0 Å². The van der Waals surface area contributed by atoms with Gasteiger partial charge < -0.3 is 5.11 Å². The Kier molecular flexibility index (Phi) is 4.50. The zero-order valence-electron chi connectivity index (χ0n) is 10.2. The number of halogens is 2. The minimum atomic E-state index is -3.89. The van der Waals surface area contributed by atoms with Gasteiger partial charge in [0.15, 0.2) is 0 Å². The number of sulfonamides is 1. The standard InChI is InChI=1S/C12H8BrClN2O4S/c13-8-3-11(6-15-5-8)21(19,20)16-10-2-7(12(17)18)1-9(14)4-10/h1-6,16H,(H,17,18). The number of aromatic carboxylic acids is 1. The lowest BCUT2D eigenvalue weighted by Gasteiger charge is -2.09. The number of hydrogen-bond acceptors (Lipinski definition) is 4. The van der Waals surface area contributed by atoms with Crippen LogP contribution in [0.15, 0.2) is 46.0 Å². The van der Waals surface area contributed by atoms with Crippen LogP contribution in [0.25, 0.3) is 0 Å². The molecule has 0 aliphatic rings. The first-order valence-corrected chi connectivity index (χ1v) is 8.10. The normalized spacial score (nSPS) is 11.1. The third kappa shape index (κ3) is 3.93. The van der Waals surface area contributed by atoms with E-state index in [2.05, 4.69) is 25.6 Å². The fourth-order valence-electron chi connectivity index (χ4n) is 1.53. The topological polar surface area (TPSA) is 96.4 Å². The molecule has 0 aliphatic heterocycles. The fourth-order valence-corrected chi connectivity index (χ4v) is 3.30. The summed E-state index contributed by atoms with van der Waals surface area (Å²) < 4.78 is 27.1. The summed E-state index contributed by atoms with van der Waals surface area (Å²) in [6.45, 7) is 0. The number of nitrogens with one attached hydrogen (secondary N) is 1. The molecule has 0 unspecified atom stereocenters. The van der Waals surface area contributed by atoms with Gasteiger partial charge in [0, 0.05) is 21.9 Å². The molecule has 0 radical (unpaired) electrons. The molecule has 1 aromatic heterocycles. The van der Waals surface area contributed by atoms with Crippen molar-refractivity contribution in [3.63, 3.8) is 0 Å². The number of anilines is 1. The van der Waals surface area contributed by atoms with Gasteiger partial charge in [-0.1, -0.05) is 11.6 Å². The maximum atomic E-state index is 12.2. The van der Waals surface area contributed by atoms with Crippen molar-refractivity contribution < 1.29 is 18.3 Å². The second-order valence-corrected chi connectivity index (χ2v) is 7.01. The zero-order chi connectivity index (χ0) is 15.6. The van der Waals surface area contributed by atoms with Gasteiger partial charge in [-0.2, -0.15) is 0 Å². The summed E-state index contributed by atoms with van der Waals surface area (Å²) in [5, 5.41) is 9.04. The summed E-state index contributed by atoms with van der Waals surface area (Å²) in [5.41, 5.74) is -0.0626. The Morgan fingerprint density at radius 2 is 1.95 bits per heavy atom. The molecule has 0 aliphatic carbocycles. The number of benzene rings is 1. The highest BCUT2D eigenvalue weighted by Gasteiger charge is 2.16. The predicted octanol–water partition coefficient (Wildman–Crippen LogP) is 3.00. The fraction of sp³-hybridized carbons (Fsp3) is 0. The summed E-state index contributed by atoms with van der Waals surface area (Å²) in [4.78, 5) is 14.6. The third-order valence-corrected chi connectivity index (χ3v) is 4.39. The summed E-state index contributed by atoms with van der Waals surface area (Å²) in [7, 11) is -3.89. The lowest BCUT2D eigenvalue weighted by Crippen LogP contribution is -2.13. The third-order valence-electron chi connectivity index (χ3n) is 2.39. The molecule has 2 N–H and O–H groups in total. The van der Waals surface area contributed by atoms with Gasteiger partial charge in [0.1, 0.15) is 4.90 Å². The van der Waals surface area contributed by atoms with Gasteiger partial charge in [-0.3, -0.25) is 9.71 Å². The summed E-state index contributed by atoms with van der Waals surface area (Å²) in [5.74, 6) is -1.21. The van der Waals surface area contributed by atoms with Crippen LogP contribution in [0, 0.1) is 0 Å². The van der Waals surface area contributed by atoms with Crippen LogP contribution in [0.2, 0.25) is 5.02 Å². The summed E-state index contributed by atoms with van der Waals surface area (Å²) in [6.07, 6.45) is 2.62. The maximum Gasteiger partial charge on any atom is 0.335 e. The maximum absolute atomic E-state index is 12.2. The van der Waals surface area contributed by atoms with Crippen molar-refractivity contribution in [1.82, 2.24) is 4.98 Å². The lowest BCUT2D eigenvalue weighted by molar-refractivity contribution is 0.0697. The molecule has 0 fully saturated rings. The van der Waals surface area contributed by atoms with E-state index < -0.39 is 16.0 Å². The number of carboxylic acids is 1. The average Bonchev–Trinajstić information content (AvgIpc) is 2.37. The van der Waals surface area contributed by atoms with Gasteiger partial charge in [-0.25, -0.2) is 13.2 Å². The molecule has 0 bridgehead atoms. The van der Waals surface area contributed by atoms with E-state index in [9.17, 15) is 13.2 Å². The van der Waals surface area contributed by atoms with Crippen LogP contribution in [0.3, 0.4) is 0 Å². The first-order chi connectivity index (χ1) is 9.78. The quantitative estimate of drug-likeness (QED) is 0.835. The molecular formula is C12H8BrClN2O4S. The van der Waals surface area contributed by atoms with Gasteiger partial charge in [0.2, 0.25) is 0 Å². The van der Waals surface area contributed by atoms with Crippen LogP contribution in [-0.2, 0) is 10.0 Å². The number of nitrogens with zero attached hydrogens (tertiary/aromatic N) is 1. The van der Waals surface area contributed by atoms with Crippen LogP contribution in [0.4, 0.5) is 5.69 Å². The first-order valence-electron chi connectivity index (χ1n) is 5.45. The van der Waals surface area contributed by atoms with Crippen molar-refractivity contribution in [2.45, 2.75) is 4.90 Å². The van der Waals surface area contributed by atoms with E-state index in [4.69, 9.17) is 16.7 Å². The number of carbonyl (C=O) groups is 1. The van der Waals surface area contributed by atoms with Crippen LogP contribution in [-0.4, -0.2) is 24.5 Å². The minimum absolute atomic E-state index is 0.0554. The largest absolute Gasteiger partial charge is 0.478 e. The van der Waals surface area contributed by atoms with Gasteiger partial charge in [-0.15, -0.1) is 0 Å². The Morgan fingerprint density at radius 3 is 2.57 bits per heavy atom. The van der Waals surface area contributed by atoms with E-state index in [0.717, 1.165) is 0 Å². The highest BCUT2D eigenvalue weighted by Crippen LogP contribution is 2.23. The van der Waals surface area contributed by atoms with Crippen LogP contribution in [0.5, 0.6) is 0 Å². The van der Waals surface area contributed by atoms with E-state index in [-0.39, 0.29) is 21.2 Å². The van der Waals surface area contributed by atoms with Crippen molar-refractivity contribution >= 4 is 49.2 Å². The second-order valence-electron chi connectivity index (χ2n) is 3.98. The van der Waals surface area contributed by atoms with Crippen molar-refractivity contribution in [3.05, 3.63) is 51.7 Å². The Balaban J connectivity index is 2.39. The molecule has 0 saturated carbocycles. The number of pyridine rings is 1. The monoisotopic (exact) mass is 390 g/mol. The molecule has 2 aromatic rings. The molecule has 1 aromatic carbocycles. The van der Waals surface area contributed by atoms with Crippen molar-refractivity contribution in [3.8, 4) is 0 Å². The predicted molar refractivity (Wildman–Crippen MR) is 81.2 cm³/mol. The second kappa shape index (κ2) is 6.00. The molecule has 21 heavy (non-hydrogen) atoms. The number of rotatable bonds is 4. The molecule has 0 atom stereocenters. The van der Waals surface area contributed by atoms with E-state index in [1.165, 1.54) is 36.7 Å². The molecule has 110 valence electrons. The Labute approximate surface area is 134 Å².